The predicted octanol–water partition coefficient (Wildman–Crippen LogP) is 2.06. The number of anilines is 1. The number of nitrogen functional groups attached to an aromatic ring is 1. The van der Waals surface area contributed by atoms with Crippen LogP contribution in [0.15, 0.2) is 41.4 Å². The van der Waals surface area contributed by atoms with Crippen LogP contribution in [0.25, 0.3) is 5.57 Å². The summed E-state index contributed by atoms with van der Waals surface area (Å²) in [6.45, 7) is 3.84. The van der Waals surface area contributed by atoms with Crippen molar-refractivity contribution < 1.29 is 0 Å². The fraction of sp³-hybridized carbons (Fsp3) is 0. The largest absolute Gasteiger partial charge is 0.398 e. The Morgan fingerprint density at radius 2 is 2.13 bits per heavy atom. The average molecular weight is 219 g/mol. The van der Waals surface area contributed by atoms with Crippen LogP contribution < -0.4 is 11.5 Å². The van der Waals surface area contributed by atoms with Gasteiger partial charge in [0.15, 0.2) is 0 Å². The summed E-state index contributed by atoms with van der Waals surface area (Å²) < 4.78 is 0. The highest BCUT2D eigenvalue weighted by atomic mass is 32.1. The Labute approximate surface area is 94.4 Å². The van der Waals surface area contributed by atoms with E-state index < -0.39 is 0 Å². The van der Waals surface area contributed by atoms with E-state index in [0.29, 0.717) is 21.9 Å². The average Bonchev–Trinajstić information content (AvgIpc) is 2.21. The first-order valence-electron chi connectivity index (χ1n) is 4.30. The lowest BCUT2D eigenvalue weighted by atomic mass is 10.0. The quantitative estimate of drug-likeness (QED) is 0.272. The molecular weight excluding hydrogens is 206 g/mol. The highest BCUT2D eigenvalue weighted by molar-refractivity contribution is 7.80. The number of hydrogen-bond donors (Lipinski definition) is 4. The van der Waals surface area contributed by atoms with E-state index in [0.717, 1.165) is 11.8 Å². The van der Waals surface area contributed by atoms with Crippen LogP contribution in [-0.2, 0) is 0 Å². The third-order valence-corrected chi connectivity index (χ3v) is 2.38. The summed E-state index contributed by atoms with van der Waals surface area (Å²) in [7, 11) is 0. The second-order valence-corrected chi connectivity index (χ2v) is 3.52. The topological polar surface area (TPSA) is 75.9 Å². The molecule has 78 valence electrons. The van der Waals surface area contributed by atoms with Crippen molar-refractivity contribution in [3.05, 3.63) is 42.1 Å². The van der Waals surface area contributed by atoms with Gasteiger partial charge in [0, 0.05) is 22.5 Å². The van der Waals surface area contributed by atoms with Crippen molar-refractivity contribution in [3.63, 3.8) is 0 Å². The van der Waals surface area contributed by atoms with Crippen molar-refractivity contribution in [3.8, 4) is 0 Å². The fourth-order valence-corrected chi connectivity index (χ4v) is 1.30. The molecule has 15 heavy (non-hydrogen) atoms. The number of hydrogen-bond acceptors (Lipinski definition) is 4. The van der Waals surface area contributed by atoms with Gasteiger partial charge in [0.1, 0.15) is 0 Å². The van der Waals surface area contributed by atoms with Crippen molar-refractivity contribution in [1.29, 1.82) is 5.41 Å². The Balaban J connectivity index is 3.07. The van der Waals surface area contributed by atoms with Crippen LogP contribution in [0.1, 0.15) is 5.56 Å². The molecule has 0 unspecified atom stereocenters. The van der Waals surface area contributed by atoms with Gasteiger partial charge in [-0.1, -0.05) is 12.6 Å². The van der Waals surface area contributed by atoms with Crippen molar-refractivity contribution >= 4 is 30.1 Å². The van der Waals surface area contributed by atoms with Gasteiger partial charge in [-0.2, -0.15) is 0 Å². The Hall–Kier alpha value is -1.68. The summed E-state index contributed by atoms with van der Waals surface area (Å²) in [5.41, 5.74) is 13.9. The summed E-state index contributed by atoms with van der Waals surface area (Å²) >= 11 is 4.21. The molecule has 0 fully saturated rings. The molecule has 0 heterocycles. The second kappa shape index (κ2) is 4.70. The van der Waals surface area contributed by atoms with E-state index in [-0.39, 0.29) is 0 Å². The fourth-order valence-electron chi connectivity index (χ4n) is 1.09. The van der Waals surface area contributed by atoms with E-state index in [1.165, 1.54) is 6.08 Å². The molecule has 0 bridgehead atoms. The van der Waals surface area contributed by atoms with Crippen LogP contribution in [0.4, 0.5) is 5.69 Å². The minimum absolute atomic E-state index is 0.461. The molecule has 0 spiro atoms. The van der Waals surface area contributed by atoms with Gasteiger partial charge in [-0.05, 0) is 29.3 Å². The molecule has 0 atom stereocenters. The standard InChI is InChI=1S/C11H13N3S/c1-7(9(13)4-5-12)8-2-3-10(14)11(15)6-8/h2-6,12,15H,1,13-14H2/b9-4-,12-5?. The molecule has 0 aliphatic heterocycles. The minimum atomic E-state index is 0.461. The molecule has 1 rings (SSSR count). The van der Waals surface area contributed by atoms with Gasteiger partial charge in [0.25, 0.3) is 0 Å². The zero-order chi connectivity index (χ0) is 11.4. The van der Waals surface area contributed by atoms with E-state index in [4.69, 9.17) is 16.9 Å². The van der Waals surface area contributed by atoms with Gasteiger partial charge in [-0.15, -0.1) is 12.6 Å². The van der Waals surface area contributed by atoms with E-state index in [2.05, 4.69) is 19.2 Å². The summed E-state index contributed by atoms with van der Waals surface area (Å²) in [5.74, 6) is 0. The van der Waals surface area contributed by atoms with E-state index >= 15 is 0 Å². The zero-order valence-electron chi connectivity index (χ0n) is 8.20. The molecule has 0 amide bonds. The molecule has 0 aliphatic rings. The normalized spacial score (nSPS) is 11.1. The first-order chi connectivity index (χ1) is 7.06. The van der Waals surface area contributed by atoms with Gasteiger partial charge in [-0.25, -0.2) is 0 Å². The van der Waals surface area contributed by atoms with Crippen LogP contribution in [0.3, 0.4) is 0 Å². The van der Waals surface area contributed by atoms with Crippen molar-refractivity contribution in [1.82, 2.24) is 0 Å². The highest BCUT2D eigenvalue weighted by Gasteiger charge is 2.03. The zero-order valence-corrected chi connectivity index (χ0v) is 9.09. The van der Waals surface area contributed by atoms with Crippen LogP contribution in [0.2, 0.25) is 0 Å². The predicted molar refractivity (Wildman–Crippen MR) is 68.2 cm³/mol. The van der Waals surface area contributed by atoms with E-state index in [1.54, 1.807) is 12.1 Å². The number of benzene rings is 1. The number of thiol groups is 1. The van der Waals surface area contributed by atoms with Crippen molar-refractivity contribution in [2.45, 2.75) is 4.90 Å². The lowest BCUT2D eigenvalue weighted by Gasteiger charge is -2.07. The van der Waals surface area contributed by atoms with E-state index in [9.17, 15) is 0 Å². The third kappa shape index (κ3) is 2.63. The van der Waals surface area contributed by atoms with Crippen LogP contribution >= 0.6 is 12.6 Å². The molecule has 0 aliphatic carbocycles. The van der Waals surface area contributed by atoms with Crippen LogP contribution in [0.5, 0.6) is 0 Å². The molecule has 0 radical (unpaired) electrons. The smallest absolute Gasteiger partial charge is 0.0450 e. The Bertz CT molecular complexity index is 435. The molecule has 3 nitrogen and oxygen atoms in total. The second-order valence-electron chi connectivity index (χ2n) is 3.04. The van der Waals surface area contributed by atoms with Gasteiger partial charge in [0.05, 0.1) is 0 Å². The van der Waals surface area contributed by atoms with Gasteiger partial charge < -0.3 is 16.9 Å². The first kappa shape index (κ1) is 11.4. The van der Waals surface area contributed by atoms with Crippen LogP contribution in [0, 0.1) is 5.41 Å². The molecule has 0 aromatic heterocycles. The van der Waals surface area contributed by atoms with Crippen molar-refractivity contribution in [2.24, 2.45) is 5.73 Å². The molecular formula is C11H13N3S. The number of allylic oxidation sites excluding steroid dienone is 2. The van der Waals surface area contributed by atoms with Crippen molar-refractivity contribution in [2.75, 3.05) is 5.73 Å². The Morgan fingerprint density at radius 1 is 1.47 bits per heavy atom. The maximum atomic E-state index is 6.91. The highest BCUT2D eigenvalue weighted by Crippen LogP contribution is 2.24. The third-order valence-electron chi connectivity index (χ3n) is 1.99. The lowest BCUT2D eigenvalue weighted by Crippen LogP contribution is -2.00. The monoisotopic (exact) mass is 219 g/mol. The molecule has 1 aromatic carbocycles. The number of rotatable bonds is 3. The number of nitrogens with one attached hydrogen (secondary N) is 1. The molecule has 0 saturated heterocycles. The van der Waals surface area contributed by atoms with E-state index in [1.807, 2.05) is 6.07 Å². The Morgan fingerprint density at radius 3 is 2.67 bits per heavy atom. The summed E-state index contributed by atoms with van der Waals surface area (Å²) in [4.78, 5) is 0.691. The summed E-state index contributed by atoms with van der Waals surface area (Å²) in [6, 6.07) is 5.37. The Kier molecular flexibility index (Phi) is 3.57. The summed E-state index contributed by atoms with van der Waals surface area (Å²) in [5, 5.41) is 6.91. The molecule has 1 aromatic rings. The first-order valence-corrected chi connectivity index (χ1v) is 4.75. The number of nitrogens with two attached hydrogens (primary N) is 2. The molecule has 4 heteroatoms. The van der Waals surface area contributed by atoms with Gasteiger partial charge in [0.2, 0.25) is 0 Å². The molecule has 0 saturated carbocycles. The van der Waals surface area contributed by atoms with Gasteiger partial charge >= 0.3 is 0 Å². The maximum absolute atomic E-state index is 6.91. The summed E-state index contributed by atoms with van der Waals surface area (Å²) in [6.07, 6.45) is 2.61. The maximum Gasteiger partial charge on any atom is 0.0450 e. The SMILES string of the molecule is C=C(/C(N)=C/C=N)c1ccc(N)c(S)c1. The minimum Gasteiger partial charge on any atom is -0.398 e. The lowest BCUT2D eigenvalue weighted by molar-refractivity contribution is 1.39. The molecule has 5 N–H and O–H groups in total. The van der Waals surface area contributed by atoms with Gasteiger partial charge in [-0.3, -0.25) is 0 Å². The van der Waals surface area contributed by atoms with Crippen LogP contribution in [-0.4, -0.2) is 6.21 Å².